The van der Waals surface area contributed by atoms with E-state index >= 15 is 0 Å². The Labute approximate surface area is 336 Å². The van der Waals surface area contributed by atoms with Crippen molar-refractivity contribution in [1.82, 2.24) is 19.9 Å². The monoisotopic (exact) mass is 744 g/mol. The molecule has 1 aliphatic rings. The minimum atomic E-state index is -0.300. The summed E-state index contributed by atoms with van der Waals surface area (Å²) < 4.78 is 6.62. The zero-order valence-corrected chi connectivity index (χ0v) is 32.0. The van der Waals surface area contributed by atoms with Crippen LogP contribution in [0.5, 0.6) is 0 Å². The van der Waals surface area contributed by atoms with Gasteiger partial charge < -0.3 is 4.42 Å². The van der Waals surface area contributed by atoms with Crippen LogP contribution in [0.15, 0.2) is 186 Å². The Kier molecular flexibility index (Phi) is 7.76. The Balaban J connectivity index is 1.09. The summed E-state index contributed by atoms with van der Waals surface area (Å²) >= 11 is 0. The third kappa shape index (κ3) is 5.54. The van der Waals surface area contributed by atoms with Crippen LogP contribution in [0.1, 0.15) is 25.0 Å². The van der Waals surface area contributed by atoms with E-state index in [-0.39, 0.29) is 5.41 Å². The lowest BCUT2D eigenvalue weighted by Crippen LogP contribution is -2.15. The molecule has 58 heavy (non-hydrogen) atoms. The molecule has 0 aliphatic heterocycles. The first-order valence-corrected chi connectivity index (χ1v) is 19.6. The normalized spacial score (nSPS) is 12.8. The van der Waals surface area contributed by atoms with Crippen molar-refractivity contribution < 1.29 is 4.42 Å². The van der Waals surface area contributed by atoms with Gasteiger partial charge in [0.05, 0.1) is 0 Å². The summed E-state index contributed by atoms with van der Waals surface area (Å²) in [6.45, 7) is 4.61. The summed E-state index contributed by atoms with van der Waals surface area (Å²) in [5.41, 5.74) is 14.4. The second kappa shape index (κ2) is 13.3. The summed E-state index contributed by atoms with van der Waals surface area (Å²) in [5, 5.41) is 2.21. The second-order valence-electron chi connectivity index (χ2n) is 15.4. The fourth-order valence-electron chi connectivity index (χ4n) is 8.61. The van der Waals surface area contributed by atoms with Crippen LogP contribution in [-0.4, -0.2) is 19.9 Å². The van der Waals surface area contributed by atoms with Crippen LogP contribution >= 0.6 is 0 Å². The quantitative estimate of drug-likeness (QED) is 0.170. The number of benzene rings is 8. The van der Waals surface area contributed by atoms with Crippen molar-refractivity contribution in [2.45, 2.75) is 19.3 Å². The molecule has 0 unspecified atom stereocenters. The first-order chi connectivity index (χ1) is 28.5. The molecule has 5 nitrogen and oxygen atoms in total. The Morgan fingerprint density at radius 3 is 1.67 bits per heavy atom. The maximum absolute atomic E-state index is 6.62. The molecule has 0 spiro atoms. The fraction of sp³-hybridized carbons (Fsp3) is 0.0566. The predicted molar refractivity (Wildman–Crippen MR) is 235 cm³/mol. The third-order valence-corrected chi connectivity index (χ3v) is 11.6. The molecule has 0 saturated heterocycles. The molecule has 0 amide bonds. The van der Waals surface area contributed by atoms with Gasteiger partial charge in [-0.1, -0.05) is 159 Å². The Morgan fingerprint density at radius 1 is 0.397 bits per heavy atom. The Hall–Kier alpha value is -7.50. The highest BCUT2D eigenvalue weighted by atomic mass is 16.3. The first kappa shape index (κ1) is 33.8. The van der Waals surface area contributed by atoms with Crippen molar-refractivity contribution in [1.29, 1.82) is 0 Å². The average Bonchev–Trinajstić information content (AvgIpc) is 3.83. The lowest BCUT2D eigenvalue weighted by Gasteiger charge is -2.22. The van der Waals surface area contributed by atoms with Crippen molar-refractivity contribution in [2.75, 3.05) is 0 Å². The van der Waals surface area contributed by atoms with E-state index in [1.165, 1.54) is 22.3 Å². The van der Waals surface area contributed by atoms with Crippen LogP contribution in [0, 0.1) is 0 Å². The maximum atomic E-state index is 6.62. The first-order valence-electron chi connectivity index (χ1n) is 19.6. The molecular formula is C53H36N4O. The highest BCUT2D eigenvalue weighted by molar-refractivity contribution is 6.14. The number of hydrogen-bond donors (Lipinski definition) is 0. The lowest BCUT2D eigenvalue weighted by molar-refractivity contribution is 0.623. The second-order valence-corrected chi connectivity index (χ2v) is 15.4. The summed E-state index contributed by atoms with van der Waals surface area (Å²) in [7, 11) is 0. The zero-order chi connectivity index (χ0) is 38.8. The van der Waals surface area contributed by atoms with Gasteiger partial charge in [-0.05, 0) is 86.3 Å². The predicted octanol–water partition coefficient (Wildman–Crippen LogP) is 13.5. The SMILES string of the molecule is CC1(C)c2cc(-c3nc(-c4ccccc4)nc(-c4ccc(-c5ccccc5)cc4-c4ccccc4)n3)ccc2-c2c1ccc1ccc3nc(-c4ccccc4)oc3c21. The van der Waals surface area contributed by atoms with Crippen molar-refractivity contribution >= 4 is 21.9 Å². The van der Waals surface area contributed by atoms with E-state index in [9.17, 15) is 0 Å². The van der Waals surface area contributed by atoms with Gasteiger partial charge >= 0.3 is 0 Å². The van der Waals surface area contributed by atoms with Gasteiger partial charge in [-0.25, -0.2) is 19.9 Å². The van der Waals surface area contributed by atoms with Crippen molar-refractivity contribution in [3.05, 3.63) is 193 Å². The van der Waals surface area contributed by atoms with Crippen molar-refractivity contribution in [3.63, 3.8) is 0 Å². The molecule has 1 aliphatic carbocycles. The minimum absolute atomic E-state index is 0.300. The molecule has 2 aromatic heterocycles. The highest BCUT2D eigenvalue weighted by Crippen LogP contribution is 2.53. The van der Waals surface area contributed by atoms with Crippen LogP contribution in [0.3, 0.4) is 0 Å². The van der Waals surface area contributed by atoms with E-state index in [1.807, 2.05) is 60.7 Å². The van der Waals surface area contributed by atoms with Crippen molar-refractivity contribution in [3.8, 4) is 79.0 Å². The lowest BCUT2D eigenvalue weighted by atomic mass is 9.81. The van der Waals surface area contributed by atoms with Crippen LogP contribution in [0.4, 0.5) is 0 Å². The van der Waals surface area contributed by atoms with Crippen LogP contribution in [0.25, 0.3) is 101 Å². The molecule has 10 aromatic rings. The topological polar surface area (TPSA) is 64.7 Å². The molecule has 0 bridgehead atoms. The van der Waals surface area contributed by atoms with Gasteiger partial charge in [0, 0.05) is 33.1 Å². The van der Waals surface area contributed by atoms with E-state index in [0.717, 1.165) is 66.4 Å². The Morgan fingerprint density at radius 2 is 0.966 bits per heavy atom. The van der Waals surface area contributed by atoms with E-state index in [4.69, 9.17) is 24.4 Å². The molecule has 8 aromatic carbocycles. The van der Waals surface area contributed by atoms with Crippen LogP contribution < -0.4 is 0 Å². The van der Waals surface area contributed by atoms with Gasteiger partial charge in [0.15, 0.2) is 23.1 Å². The summed E-state index contributed by atoms with van der Waals surface area (Å²) in [6, 6.07) is 63.2. The molecule has 0 atom stereocenters. The molecule has 0 fully saturated rings. The van der Waals surface area contributed by atoms with Crippen LogP contribution in [0.2, 0.25) is 0 Å². The van der Waals surface area contributed by atoms with Crippen molar-refractivity contribution in [2.24, 2.45) is 0 Å². The van der Waals surface area contributed by atoms with Gasteiger partial charge in [0.1, 0.15) is 5.52 Å². The van der Waals surface area contributed by atoms with Gasteiger partial charge in [-0.3, -0.25) is 0 Å². The smallest absolute Gasteiger partial charge is 0.227 e. The van der Waals surface area contributed by atoms with Gasteiger partial charge in [-0.2, -0.15) is 0 Å². The maximum Gasteiger partial charge on any atom is 0.227 e. The van der Waals surface area contributed by atoms with E-state index in [2.05, 4.69) is 135 Å². The molecule has 0 radical (unpaired) electrons. The molecule has 0 N–H and O–H groups in total. The van der Waals surface area contributed by atoms with Gasteiger partial charge in [-0.15, -0.1) is 0 Å². The Bertz CT molecular complexity index is 3170. The largest absolute Gasteiger partial charge is 0.435 e. The zero-order valence-electron chi connectivity index (χ0n) is 32.0. The number of fused-ring (bicyclic) bond motifs is 7. The molecule has 5 heteroatoms. The van der Waals surface area contributed by atoms with E-state index < -0.39 is 0 Å². The van der Waals surface area contributed by atoms with E-state index in [1.54, 1.807) is 0 Å². The number of nitrogens with zero attached hydrogens (tertiary/aromatic N) is 4. The molecular weight excluding hydrogens is 709 g/mol. The molecule has 274 valence electrons. The number of hydrogen-bond acceptors (Lipinski definition) is 5. The molecule has 11 rings (SSSR count). The number of aromatic nitrogens is 4. The summed E-state index contributed by atoms with van der Waals surface area (Å²) in [5.74, 6) is 2.50. The van der Waals surface area contributed by atoms with Gasteiger partial charge in [0.25, 0.3) is 0 Å². The minimum Gasteiger partial charge on any atom is -0.435 e. The molecule has 2 heterocycles. The number of rotatable bonds is 6. The van der Waals surface area contributed by atoms with Gasteiger partial charge in [0.2, 0.25) is 5.89 Å². The number of oxazole rings is 1. The fourth-order valence-corrected chi connectivity index (χ4v) is 8.61. The molecule has 0 saturated carbocycles. The highest BCUT2D eigenvalue weighted by Gasteiger charge is 2.38. The van der Waals surface area contributed by atoms with E-state index in [0.29, 0.717) is 23.4 Å². The third-order valence-electron chi connectivity index (χ3n) is 11.6. The average molecular weight is 745 g/mol. The summed E-state index contributed by atoms with van der Waals surface area (Å²) in [6.07, 6.45) is 0. The standard InChI is InChI=1S/C53H36N4O/c1-53(2)43-29-25-35-26-30-45-48(58-52(54-45)37-21-13-6-14-22-37)46(35)47(43)41-28-24-39(32-44(41)53)50-55-49(36-19-11-5-12-20-36)56-51(57-50)40-27-23-38(33-15-7-3-8-16-33)31-42(40)34-17-9-4-10-18-34/h3-32H,1-2H3. The summed E-state index contributed by atoms with van der Waals surface area (Å²) in [4.78, 5) is 20.6. The van der Waals surface area contributed by atoms with Crippen LogP contribution in [-0.2, 0) is 5.41 Å².